The Kier molecular flexibility index (Phi) is 3.55. The fourth-order valence-corrected chi connectivity index (χ4v) is 1.53. The monoisotopic (exact) mass is 229 g/mol. The van der Waals surface area contributed by atoms with Crippen molar-refractivity contribution in [3.05, 3.63) is 47.0 Å². The maximum Gasteiger partial charge on any atom is 0.266 e. The number of hydrogen-bond donors (Lipinski definition) is 2. The summed E-state index contributed by atoms with van der Waals surface area (Å²) in [6.45, 7) is 3.10. The third-order valence-electron chi connectivity index (χ3n) is 2.43. The van der Waals surface area contributed by atoms with Crippen molar-refractivity contribution in [2.24, 2.45) is 0 Å². The molecule has 0 aliphatic heterocycles. The Labute approximate surface area is 99.7 Å². The van der Waals surface area contributed by atoms with E-state index in [1.54, 1.807) is 6.20 Å². The zero-order valence-corrected chi connectivity index (χ0v) is 9.73. The molecule has 0 amide bonds. The van der Waals surface area contributed by atoms with E-state index in [9.17, 15) is 4.79 Å². The van der Waals surface area contributed by atoms with Crippen molar-refractivity contribution in [1.82, 2.24) is 9.97 Å². The Bertz CT molecular complexity index is 511. The van der Waals surface area contributed by atoms with Crippen molar-refractivity contribution in [3.63, 3.8) is 0 Å². The van der Waals surface area contributed by atoms with Crippen LogP contribution in [0.25, 0.3) is 11.3 Å². The van der Waals surface area contributed by atoms with Gasteiger partial charge in [-0.2, -0.15) is 0 Å². The summed E-state index contributed by atoms with van der Waals surface area (Å²) >= 11 is 0. The maximum atomic E-state index is 10.9. The number of benzene rings is 1. The molecule has 17 heavy (non-hydrogen) atoms. The van der Waals surface area contributed by atoms with Crippen LogP contribution in [0.2, 0.25) is 0 Å². The molecule has 88 valence electrons. The van der Waals surface area contributed by atoms with Gasteiger partial charge >= 0.3 is 0 Å². The number of rotatable bonds is 4. The van der Waals surface area contributed by atoms with E-state index in [0.717, 1.165) is 29.9 Å². The fourth-order valence-electron chi connectivity index (χ4n) is 1.53. The van der Waals surface area contributed by atoms with Gasteiger partial charge in [0.05, 0.1) is 11.9 Å². The van der Waals surface area contributed by atoms with Gasteiger partial charge in [-0.25, -0.2) is 4.98 Å². The summed E-state index contributed by atoms with van der Waals surface area (Å²) in [5.41, 5.74) is 2.67. The van der Waals surface area contributed by atoms with Gasteiger partial charge in [-0.05, 0) is 18.6 Å². The van der Waals surface area contributed by atoms with Crippen LogP contribution >= 0.6 is 0 Å². The van der Waals surface area contributed by atoms with Crippen LogP contribution in [-0.4, -0.2) is 16.5 Å². The van der Waals surface area contributed by atoms with Gasteiger partial charge in [-0.1, -0.05) is 19.1 Å². The number of aromatic amines is 1. The number of hydrogen-bond acceptors (Lipinski definition) is 3. The van der Waals surface area contributed by atoms with Gasteiger partial charge in [0.25, 0.3) is 5.56 Å². The Balaban J connectivity index is 2.17. The predicted molar refractivity (Wildman–Crippen MR) is 69.1 cm³/mol. The summed E-state index contributed by atoms with van der Waals surface area (Å²) in [7, 11) is 0. The van der Waals surface area contributed by atoms with Crippen molar-refractivity contribution < 1.29 is 0 Å². The first-order valence-corrected chi connectivity index (χ1v) is 5.68. The van der Waals surface area contributed by atoms with E-state index in [1.165, 1.54) is 6.20 Å². The quantitative estimate of drug-likeness (QED) is 0.845. The number of aromatic nitrogens is 2. The minimum atomic E-state index is -0.185. The average Bonchev–Trinajstić information content (AvgIpc) is 2.38. The molecule has 0 atom stereocenters. The first-order valence-electron chi connectivity index (χ1n) is 5.68. The average molecular weight is 229 g/mol. The second-order valence-electron chi connectivity index (χ2n) is 3.80. The minimum Gasteiger partial charge on any atom is -0.385 e. The van der Waals surface area contributed by atoms with Crippen LogP contribution < -0.4 is 10.9 Å². The minimum absolute atomic E-state index is 0.185. The first kappa shape index (κ1) is 11.4. The van der Waals surface area contributed by atoms with Gasteiger partial charge in [0.15, 0.2) is 0 Å². The molecule has 0 spiro atoms. The summed E-state index contributed by atoms with van der Waals surface area (Å²) < 4.78 is 0. The lowest BCUT2D eigenvalue weighted by Crippen LogP contribution is -2.04. The highest BCUT2D eigenvalue weighted by Gasteiger charge is 1.99. The molecule has 2 N–H and O–H groups in total. The number of nitrogens with zero attached hydrogens (tertiary/aromatic N) is 1. The Morgan fingerprint density at radius 3 is 2.65 bits per heavy atom. The van der Waals surface area contributed by atoms with Crippen molar-refractivity contribution in [1.29, 1.82) is 0 Å². The molecule has 1 heterocycles. The standard InChI is InChI=1S/C13H15N3O/c1-2-7-14-11-5-3-10(4-6-11)12-8-16-13(17)9-15-12/h3-6,8-9,14H,2,7H2,1H3,(H,16,17). The summed E-state index contributed by atoms with van der Waals surface area (Å²) in [6, 6.07) is 7.99. The fraction of sp³-hybridized carbons (Fsp3) is 0.231. The lowest BCUT2D eigenvalue weighted by Gasteiger charge is -2.05. The second-order valence-corrected chi connectivity index (χ2v) is 3.80. The van der Waals surface area contributed by atoms with Gasteiger partial charge in [-0.15, -0.1) is 0 Å². The molecule has 0 aliphatic carbocycles. The van der Waals surface area contributed by atoms with Crippen molar-refractivity contribution in [3.8, 4) is 11.3 Å². The normalized spacial score (nSPS) is 10.2. The van der Waals surface area contributed by atoms with E-state index in [1.807, 2.05) is 24.3 Å². The molecule has 0 unspecified atom stereocenters. The molecule has 1 aromatic carbocycles. The summed E-state index contributed by atoms with van der Waals surface area (Å²) in [4.78, 5) is 17.6. The molecule has 2 rings (SSSR count). The molecule has 4 nitrogen and oxygen atoms in total. The third kappa shape index (κ3) is 2.93. The zero-order valence-electron chi connectivity index (χ0n) is 9.73. The Hall–Kier alpha value is -2.10. The largest absolute Gasteiger partial charge is 0.385 e. The summed E-state index contributed by atoms with van der Waals surface area (Å²) in [6.07, 6.45) is 4.01. The Morgan fingerprint density at radius 1 is 1.29 bits per heavy atom. The van der Waals surface area contributed by atoms with Crippen LogP contribution in [0.15, 0.2) is 41.5 Å². The lowest BCUT2D eigenvalue weighted by atomic mass is 10.1. The van der Waals surface area contributed by atoms with Crippen molar-refractivity contribution in [2.45, 2.75) is 13.3 Å². The molecule has 0 bridgehead atoms. The van der Waals surface area contributed by atoms with Crippen LogP contribution in [0.3, 0.4) is 0 Å². The lowest BCUT2D eigenvalue weighted by molar-refractivity contribution is 0.980. The first-order chi connectivity index (χ1) is 8.29. The van der Waals surface area contributed by atoms with E-state index < -0.39 is 0 Å². The molecule has 1 aromatic heterocycles. The van der Waals surface area contributed by atoms with Crippen LogP contribution in [0.1, 0.15) is 13.3 Å². The number of nitrogens with one attached hydrogen (secondary N) is 2. The molecule has 0 saturated carbocycles. The van der Waals surface area contributed by atoms with Gasteiger partial charge in [-0.3, -0.25) is 4.79 Å². The Morgan fingerprint density at radius 2 is 2.06 bits per heavy atom. The van der Waals surface area contributed by atoms with E-state index in [-0.39, 0.29) is 5.56 Å². The SMILES string of the molecule is CCCNc1ccc(-c2c[nH]c(=O)cn2)cc1. The molecule has 0 saturated heterocycles. The third-order valence-corrected chi connectivity index (χ3v) is 2.43. The summed E-state index contributed by atoms with van der Waals surface area (Å²) in [5.74, 6) is 0. The van der Waals surface area contributed by atoms with E-state index in [0.29, 0.717) is 0 Å². The van der Waals surface area contributed by atoms with Crippen LogP contribution in [0.4, 0.5) is 5.69 Å². The highest BCUT2D eigenvalue weighted by Crippen LogP contribution is 2.17. The number of anilines is 1. The smallest absolute Gasteiger partial charge is 0.266 e. The maximum absolute atomic E-state index is 10.9. The molecule has 0 fully saturated rings. The van der Waals surface area contributed by atoms with Gasteiger partial charge in [0, 0.05) is 24.0 Å². The van der Waals surface area contributed by atoms with Gasteiger partial charge in [0.2, 0.25) is 0 Å². The molecule has 2 aromatic rings. The second kappa shape index (κ2) is 5.30. The van der Waals surface area contributed by atoms with Gasteiger partial charge in [0.1, 0.15) is 0 Å². The van der Waals surface area contributed by atoms with E-state index >= 15 is 0 Å². The molecule has 4 heteroatoms. The van der Waals surface area contributed by atoms with Crippen molar-refractivity contribution in [2.75, 3.05) is 11.9 Å². The van der Waals surface area contributed by atoms with Crippen LogP contribution in [0.5, 0.6) is 0 Å². The molecule has 0 aliphatic rings. The van der Waals surface area contributed by atoms with Crippen LogP contribution in [-0.2, 0) is 0 Å². The number of H-pyrrole nitrogens is 1. The van der Waals surface area contributed by atoms with Gasteiger partial charge < -0.3 is 10.3 Å². The highest BCUT2D eigenvalue weighted by atomic mass is 16.1. The zero-order chi connectivity index (χ0) is 12.1. The summed E-state index contributed by atoms with van der Waals surface area (Å²) in [5, 5.41) is 3.30. The highest BCUT2D eigenvalue weighted by molar-refractivity contribution is 5.61. The predicted octanol–water partition coefficient (Wildman–Crippen LogP) is 2.26. The van der Waals surface area contributed by atoms with Crippen molar-refractivity contribution >= 4 is 5.69 Å². The molecular weight excluding hydrogens is 214 g/mol. The molecular formula is C13H15N3O. The van der Waals surface area contributed by atoms with Crippen LogP contribution in [0, 0.1) is 0 Å². The van der Waals surface area contributed by atoms with E-state index in [4.69, 9.17) is 0 Å². The topological polar surface area (TPSA) is 57.8 Å². The molecule has 0 radical (unpaired) electrons. The van der Waals surface area contributed by atoms with E-state index in [2.05, 4.69) is 22.2 Å².